The van der Waals surface area contributed by atoms with Crippen LogP contribution >= 0.6 is 0 Å². The van der Waals surface area contributed by atoms with Crippen LogP contribution in [0.15, 0.2) is 18.2 Å². The van der Waals surface area contributed by atoms with Crippen LogP contribution in [0.4, 0.5) is 17.6 Å². The van der Waals surface area contributed by atoms with E-state index in [1.807, 2.05) is 0 Å². The smallest absolute Gasteiger partial charge is 0.416 e. The summed E-state index contributed by atoms with van der Waals surface area (Å²) in [7, 11) is 0. The molecule has 1 unspecified atom stereocenters. The zero-order chi connectivity index (χ0) is 12.5. The second-order valence-corrected chi connectivity index (χ2v) is 3.26. The Kier molecular flexibility index (Phi) is 3.21. The lowest BCUT2D eigenvalue weighted by Crippen LogP contribution is -2.17. The fraction of sp³-hybridized carbons (Fsp3) is 0.300. The van der Waals surface area contributed by atoms with Gasteiger partial charge in [0, 0.05) is 5.56 Å². The zero-order valence-electron chi connectivity index (χ0n) is 8.18. The molecule has 1 N–H and O–H groups in total. The Labute approximate surface area is 88.5 Å². The summed E-state index contributed by atoms with van der Waals surface area (Å²) in [5, 5.41) is 8.62. The molecule has 0 radical (unpaired) electrons. The van der Waals surface area contributed by atoms with Crippen LogP contribution in [0.3, 0.4) is 0 Å². The van der Waals surface area contributed by atoms with Gasteiger partial charge < -0.3 is 5.11 Å². The second kappa shape index (κ2) is 4.11. The topological polar surface area (TPSA) is 37.3 Å². The summed E-state index contributed by atoms with van der Waals surface area (Å²) < 4.78 is 50.7. The van der Waals surface area contributed by atoms with Crippen LogP contribution in [-0.4, -0.2) is 11.1 Å². The third-order valence-corrected chi connectivity index (χ3v) is 2.16. The van der Waals surface area contributed by atoms with Gasteiger partial charge in [-0.1, -0.05) is 6.07 Å². The van der Waals surface area contributed by atoms with E-state index in [0.29, 0.717) is 6.07 Å². The maximum atomic E-state index is 13.2. The van der Waals surface area contributed by atoms with Crippen molar-refractivity contribution < 1.29 is 27.5 Å². The van der Waals surface area contributed by atoms with Gasteiger partial charge in [-0.25, -0.2) is 4.39 Å². The highest BCUT2D eigenvalue weighted by Gasteiger charge is 2.37. The fourth-order valence-electron chi connectivity index (χ4n) is 1.35. The molecule has 0 saturated heterocycles. The summed E-state index contributed by atoms with van der Waals surface area (Å²) >= 11 is 0. The molecule has 1 atom stereocenters. The van der Waals surface area contributed by atoms with Crippen molar-refractivity contribution in [1.82, 2.24) is 0 Å². The highest BCUT2D eigenvalue weighted by Crippen LogP contribution is 2.36. The monoisotopic (exact) mass is 236 g/mol. The Morgan fingerprint density at radius 2 is 1.94 bits per heavy atom. The van der Waals surface area contributed by atoms with Crippen molar-refractivity contribution in [2.45, 2.75) is 19.0 Å². The van der Waals surface area contributed by atoms with E-state index >= 15 is 0 Å². The van der Waals surface area contributed by atoms with E-state index in [2.05, 4.69) is 0 Å². The molecule has 6 heteroatoms. The van der Waals surface area contributed by atoms with Crippen LogP contribution in [0.5, 0.6) is 0 Å². The first-order valence-corrected chi connectivity index (χ1v) is 4.33. The summed E-state index contributed by atoms with van der Waals surface area (Å²) in [5.41, 5.74) is -2.08. The highest BCUT2D eigenvalue weighted by atomic mass is 19.4. The highest BCUT2D eigenvalue weighted by molar-refractivity contribution is 5.76. The SMILES string of the molecule is CC(C(=O)O)c1c(F)cccc1C(F)(F)F. The first-order chi connectivity index (χ1) is 7.25. The number of aliphatic carboxylic acids is 1. The van der Waals surface area contributed by atoms with Gasteiger partial charge in [0.25, 0.3) is 0 Å². The van der Waals surface area contributed by atoms with Gasteiger partial charge in [-0.2, -0.15) is 13.2 Å². The van der Waals surface area contributed by atoms with Gasteiger partial charge in [0.05, 0.1) is 11.5 Å². The van der Waals surface area contributed by atoms with Crippen molar-refractivity contribution in [1.29, 1.82) is 0 Å². The zero-order valence-corrected chi connectivity index (χ0v) is 8.18. The van der Waals surface area contributed by atoms with E-state index in [9.17, 15) is 22.4 Å². The van der Waals surface area contributed by atoms with Gasteiger partial charge in [-0.05, 0) is 19.1 Å². The molecule has 0 aliphatic carbocycles. The Morgan fingerprint density at radius 3 is 2.38 bits per heavy atom. The Hall–Kier alpha value is -1.59. The van der Waals surface area contributed by atoms with Crippen LogP contribution in [-0.2, 0) is 11.0 Å². The van der Waals surface area contributed by atoms with E-state index in [4.69, 9.17) is 5.11 Å². The summed E-state index contributed by atoms with van der Waals surface area (Å²) in [6, 6.07) is 2.37. The molecule has 0 heterocycles. The Bertz CT molecular complexity index is 412. The number of hydrogen-bond donors (Lipinski definition) is 1. The van der Waals surface area contributed by atoms with Crippen molar-refractivity contribution >= 4 is 5.97 Å². The molecule has 0 fully saturated rings. The number of hydrogen-bond acceptors (Lipinski definition) is 1. The fourth-order valence-corrected chi connectivity index (χ4v) is 1.35. The molecular weight excluding hydrogens is 228 g/mol. The Balaban J connectivity index is 3.41. The number of carboxylic acids is 1. The molecule has 0 aromatic heterocycles. The predicted octanol–water partition coefficient (Wildman–Crippen LogP) is 3.03. The van der Waals surface area contributed by atoms with Crippen molar-refractivity contribution in [3.8, 4) is 0 Å². The normalized spacial score (nSPS) is 13.6. The van der Waals surface area contributed by atoms with E-state index < -0.39 is 35.0 Å². The number of halogens is 4. The van der Waals surface area contributed by atoms with E-state index in [0.717, 1.165) is 19.1 Å². The Morgan fingerprint density at radius 1 is 1.38 bits per heavy atom. The van der Waals surface area contributed by atoms with Crippen LogP contribution in [0.1, 0.15) is 24.0 Å². The van der Waals surface area contributed by atoms with Crippen molar-refractivity contribution in [2.75, 3.05) is 0 Å². The lowest BCUT2D eigenvalue weighted by atomic mass is 9.95. The van der Waals surface area contributed by atoms with Gasteiger partial charge >= 0.3 is 12.1 Å². The average molecular weight is 236 g/mol. The van der Waals surface area contributed by atoms with Gasteiger partial charge in [-0.15, -0.1) is 0 Å². The number of alkyl halides is 3. The third kappa shape index (κ3) is 2.32. The van der Waals surface area contributed by atoms with Gasteiger partial charge in [0.15, 0.2) is 0 Å². The largest absolute Gasteiger partial charge is 0.481 e. The maximum absolute atomic E-state index is 13.2. The average Bonchev–Trinajstić information content (AvgIpc) is 2.14. The van der Waals surface area contributed by atoms with E-state index in [1.54, 1.807) is 0 Å². The molecule has 0 aliphatic rings. The molecule has 1 aromatic rings. The minimum atomic E-state index is -4.76. The molecule has 0 spiro atoms. The third-order valence-electron chi connectivity index (χ3n) is 2.16. The van der Waals surface area contributed by atoms with Crippen LogP contribution in [0, 0.1) is 5.82 Å². The minimum Gasteiger partial charge on any atom is -0.481 e. The maximum Gasteiger partial charge on any atom is 0.416 e. The molecule has 0 bridgehead atoms. The molecule has 0 saturated carbocycles. The standard InChI is InChI=1S/C10H8F4O2/c1-5(9(15)16)8-6(10(12,13)14)3-2-4-7(8)11/h2-5H,1H3,(H,15,16). The molecule has 16 heavy (non-hydrogen) atoms. The second-order valence-electron chi connectivity index (χ2n) is 3.26. The number of rotatable bonds is 2. The van der Waals surface area contributed by atoms with Crippen LogP contribution in [0.25, 0.3) is 0 Å². The molecule has 88 valence electrons. The van der Waals surface area contributed by atoms with Gasteiger partial charge in [0.2, 0.25) is 0 Å². The molecule has 0 amide bonds. The molecular formula is C10H8F4O2. The van der Waals surface area contributed by atoms with Gasteiger partial charge in [0.1, 0.15) is 5.82 Å². The molecule has 0 aliphatic heterocycles. The molecule has 1 aromatic carbocycles. The quantitative estimate of drug-likeness (QED) is 0.801. The lowest BCUT2D eigenvalue weighted by Gasteiger charge is -2.16. The van der Waals surface area contributed by atoms with Crippen LogP contribution < -0.4 is 0 Å². The first-order valence-electron chi connectivity index (χ1n) is 4.33. The number of carboxylic acid groups (broad SMARTS) is 1. The van der Waals surface area contributed by atoms with Crippen molar-refractivity contribution in [3.63, 3.8) is 0 Å². The first kappa shape index (κ1) is 12.5. The van der Waals surface area contributed by atoms with E-state index in [1.165, 1.54) is 0 Å². The predicted molar refractivity (Wildman–Crippen MR) is 47.5 cm³/mol. The van der Waals surface area contributed by atoms with Crippen molar-refractivity contribution in [3.05, 3.63) is 35.1 Å². The molecule has 2 nitrogen and oxygen atoms in total. The summed E-state index contributed by atoms with van der Waals surface area (Å²) in [6.07, 6.45) is -4.76. The van der Waals surface area contributed by atoms with Crippen molar-refractivity contribution in [2.24, 2.45) is 0 Å². The number of carbonyl (C=O) groups is 1. The molecule has 1 rings (SSSR count). The summed E-state index contributed by atoms with van der Waals surface area (Å²) in [5.74, 6) is -4.21. The lowest BCUT2D eigenvalue weighted by molar-refractivity contribution is -0.141. The van der Waals surface area contributed by atoms with E-state index in [-0.39, 0.29) is 0 Å². The summed E-state index contributed by atoms with van der Waals surface area (Å²) in [4.78, 5) is 10.6. The van der Waals surface area contributed by atoms with Crippen LogP contribution in [0.2, 0.25) is 0 Å². The summed E-state index contributed by atoms with van der Waals surface area (Å²) in [6.45, 7) is 1.01. The number of benzene rings is 1. The minimum absolute atomic E-state index is 0.665. The van der Waals surface area contributed by atoms with Gasteiger partial charge in [-0.3, -0.25) is 4.79 Å².